The van der Waals surface area contributed by atoms with E-state index in [1.807, 2.05) is 12.2 Å². The number of fused-ring (bicyclic) bond motifs is 1. The molecular formula is C13H17NO. The van der Waals surface area contributed by atoms with E-state index in [1.165, 1.54) is 11.3 Å². The lowest BCUT2D eigenvalue weighted by atomic mass is 10.0. The third-order valence-electron chi connectivity index (χ3n) is 2.55. The van der Waals surface area contributed by atoms with E-state index in [1.54, 1.807) is 13.8 Å². The van der Waals surface area contributed by atoms with Gasteiger partial charge in [0, 0.05) is 12.2 Å². The maximum Gasteiger partial charge on any atom is 0.0774 e. The van der Waals surface area contributed by atoms with Crippen LogP contribution in [0.1, 0.15) is 25.0 Å². The van der Waals surface area contributed by atoms with E-state index in [0.717, 1.165) is 18.5 Å². The molecule has 0 fully saturated rings. The van der Waals surface area contributed by atoms with Gasteiger partial charge in [0.15, 0.2) is 0 Å². The first-order chi connectivity index (χ1) is 7.06. The van der Waals surface area contributed by atoms with Crippen LogP contribution in [0.3, 0.4) is 0 Å². The van der Waals surface area contributed by atoms with Crippen LogP contribution in [-0.4, -0.2) is 17.3 Å². The van der Waals surface area contributed by atoms with Crippen LogP contribution in [0.15, 0.2) is 24.3 Å². The summed E-state index contributed by atoms with van der Waals surface area (Å²) in [6.07, 6.45) is 4.90. The summed E-state index contributed by atoms with van der Waals surface area (Å²) in [4.78, 5) is 0. The summed E-state index contributed by atoms with van der Waals surface area (Å²) in [6.45, 7) is 4.57. The normalized spacial score (nSPS) is 15.4. The lowest BCUT2D eigenvalue weighted by Gasteiger charge is -2.11. The number of anilines is 1. The Morgan fingerprint density at radius 3 is 2.93 bits per heavy atom. The van der Waals surface area contributed by atoms with Gasteiger partial charge in [0.05, 0.1) is 5.60 Å². The highest BCUT2D eigenvalue weighted by Crippen LogP contribution is 2.27. The smallest absolute Gasteiger partial charge is 0.0774 e. The molecule has 0 bridgehead atoms. The molecule has 0 unspecified atom stereocenters. The van der Waals surface area contributed by atoms with Crippen LogP contribution in [0.4, 0.5) is 5.69 Å². The van der Waals surface area contributed by atoms with E-state index in [9.17, 15) is 5.11 Å². The summed E-state index contributed by atoms with van der Waals surface area (Å²) >= 11 is 0. The number of hydrogen-bond acceptors (Lipinski definition) is 2. The van der Waals surface area contributed by atoms with Crippen molar-refractivity contribution in [3.8, 4) is 0 Å². The number of para-hydroxylation sites is 1. The van der Waals surface area contributed by atoms with Gasteiger partial charge in [-0.25, -0.2) is 0 Å². The molecule has 1 aromatic carbocycles. The van der Waals surface area contributed by atoms with E-state index in [4.69, 9.17) is 0 Å². The molecule has 0 atom stereocenters. The molecule has 2 rings (SSSR count). The second-order valence-corrected chi connectivity index (χ2v) is 4.55. The van der Waals surface area contributed by atoms with Crippen LogP contribution in [0.2, 0.25) is 0 Å². The predicted octanol–water partition coefficient (Wildman–Crippen LogP) is 2.44. The molecule has 0 saturated heterocycles. The molecule has 0 saturated carbocycles. The van der Waals surface area contributed by atoms with Crippen molar-refractivity contribution in [3.05, 3.63) is 35.4 Å². The standard InChI is InChI=1S/C13H17NO/c1-13(2,15)8-6-10-4-3-5-11-7-9-14-12(10)11/h3-6,8,14-15H,7,9H2,1-2H3/b8-6+. The molecule has 80 valence electrons. The Morgan fingerprint density at radius 2 is 2.20 bits per heavy atom. The molecular weight excluding hydrogens is 186 g/mol. The molecule has 1 aliphatic heterocycles. The van der Waals surface area contributed by atoms with Gasteiger partial charge in [0.2, 0.25) is 0 Å². The molecule has 2 nitrogen and oxygen atoms in total. The predicted molar refractivity (Wildman–Crippen MR) is 64.0 cm³/mol. The Labute approximate surface area is 90.6 Å². The first-order valence-electron chi connectivity index (χ1n) is 5.34. The fourth-order valence-electron chi connectivity index (χ4n) is 1.80. The zero-order chi connectivity index (χ0) is 10.9. The minimum absolute atomic E-state index is 0.749. The van der Waals surface area contributed by atoms with Gasteiger partial charge in [-0.3, -0.25) is 0 Å². The molecule has 0 radical (unpaired) electrons. The van der Waals surface area contributed by atoms with Crippen molar-refractivity contribution >= 4 is 11.8 Å². The monoisotopic (exact) mass is 203 g/mol. The number of aliphatic hydroxyl groups is 1. The van der Waals surface area contributed by atoms with Crippen molar-refractivity contribution in [2.24, 2.45) is 0 Å². The summed E-state index contributed by atoms with van der Waals surface area (Å²) in [7, 11) is 0. The Kier molecular flexibility index (Phi) is 2.53. The van der Waals surface area contributed by atoms with Crippen molar-refractivity contribution in [2.75, 3.05) is 11.9 Å². The van der Waals surface area contributed by atoms with Crippen molar-refractivity contribution < 1.29 is 5.11 Å². The Balaban J connectivity index is 2.30. The van der Waals surface area contributed by atoms with E-state index < -0.39 is 5.60 Å². The van der Waals surface area contributed by atoms with Gasteiger partial charge in [-0.15, -0.1) is 0 Å². The highest BCUT2D eigenvalue weighted by molar-refractivity contribution is 5.72. The highest BCUT2D eigenvalue weighted by Gasteiger charge is 2.12. The Morgan fingerprint density at radius 1 is 1.40 bits per heavy atom. The third-order valence-corrected chi connectivity index (χ3v) is 2.55. The van der Waals surface area contributed by atoms with Crippen LogP contribution in [0.5, 0.6) is 0 Å². The van der Waals surface area contributed by atoms with Crippen LogP contribution in [0.25, 0.3) is 6.08 Å². The Hall–Kier alpha value is -1.28. The van der Waals surface area contributed by atoms with Gasteiger partial charge >= 0.3 is 0 Å². The van der Waals surface area contributed by atoms with Gasteiger partial charge < -0.3 is 10.4 Å². The molecule has 0 amide bonds. The molecule has 0 aromatic heterocycles. The number of rotatable bonds is 2. The summed E-state index contributed by atoms with van der Waals surface area (Å²) in [5, 5.41) is 13.0. The third kappa shape index (κ3) is 2.39. The number of nitrogens with one attached hydrogen (secondary N) is 1. The minimum Gasteiger partial charge on any atom is -0.386 e. The fraction of sp³-hybridized carbons (Fsp3) is 0.385. The van der Waals surface area contributed by atoms with Gasteiger partial charge in [-0.2, -0.15) is 0 Å². The molecule has 15 heavy (non-hydrogen) atoms. The zero-order valence-electron chi connectivity index (χ0n) is 9.25. The first kappa shape index (κ1) is 10.2. The molecule has 2 heteroatoms. The van der Waals surface area contributed by atoms with Crippen LogP contribution in [-0.2, 0) is 6.42 Å². The molecule has 1 aliphatic rings. The molecule has 0 spiro atoms. The lowest BCUT2D eigenvalue weighted by Crippen LogP contribution is -2.13. The molecule has 0 aliphatic carbocycles. The van der Waals surface area contributed by atoms with Crippen molar-refractivity contribution in [3.63, 3.8) is 0 Å². The second kappa shape index (κ2) is 3.70. The van der Waals surface area contributed by atoms with Crippen LogP contribution in [0, 0.1) is 0 Å². The average molecular weight is 203 g/mol. The van der Waals surface area contributed by atoms with Crippen LogP contribution >= 0.6 is 0 Å². The van der Waals surface area contributed by atoms with Crippen molar-refractivity contribution in [1.82, 2.24) is 0 Å². The van der Waals surface area contributed by atoms with Crippen LogP contribution < -0.4 is 5.32 Å². The lowest BCUT2D eigenvalue weighted by molar-refractivity contribution is 0.134. The zero-order valence-corrected chi connectivity index (χ0v) is 9.25. The SMILES string of the molecule is CC(C)(O)/C=C/c1cccc2c1NCC2. The van der Waals surface area contributed by atoms with Crippen molar-refractivity contribution in [2.45, 2.75) is 25.9 Å². The topological polar surface area (TPSA) is 32.3 Å². The van der Waals surface area contributed by atoms with E-state index in [2.05, 4.69) is 23.5 Å². The molecule has 2 N–H and O–H groups in total. The maximum atomic E-state index is 9.62. The number of benzene rings is 1. The summed E-state index contributed by atoms with van der Waals surface area (Å²) in [5.41, 5.74) is 3.00. The quantitative estimate of drug-likeness (QED) is 0.773. The van der Waals surface area contributed by atoms with E-state index in [0.29, 0.717) is 0 Å². The summed E-state index contributed by atoms with van der Waals surface area (Å²) in [6, 6.07) is 6.28. The highest BCUT2D eigenvalue weighted by atomic mass is 16.3. The van der Waals surface area contributed by atoms with E-state index in [-0.39, 0.29) is 0 Å². The van der Waals surface area contributed by atoms with Crippen molar-refractivity contribution in [1.29, 1.82) is 0 Å². The second-order valence-electron chi connectivity index (χ2n) is 4.55. The van der Waals surface area contributed by atoms with Gasteiger partial charge in [0.25, 0.3) is 0 Å². The van der Waals surface area contributed by atoms with E-state index >= 15 is 0 Å². The molecule has 1 heterocycles. The van der Waals surface area contributed by atoms with Gasteiger partial charge in [0.1, 0.15) is 0 Å². The maximum absolute atomic E-state index is 9.62. The van der Waals surface area contributed by atoms with Gasteiger partial charge in [-0.1, -0.05) is 30.4 Å². The first-order valence-corrected chi connectivity index (χ1v) is 5.34. The fourth-order valence-corrected chi connectivity index (χ4v) is 1.80. The largest absolute Gasteiger partial charge is 0.386 e. The number of hydrogen-bond donors (Lipinski definition) is 2. The Bertz CT molecular complexity index is 388. The van der Waals surface area contributed by atoms with Gasteiger partial charge in [-0.05, 0) is 31.4 Å². The summed E-state index contributed by atoms with van der Waals surface area (Å²) < 4.78 is 0. The average Bonchev–Trinajstić information content (AvgIpc) is 2.61. The minimum atomic E-state index is -0.749. The summed E-state index contributed by atoms with van der Waals surface area (Å²) in [5.74, 6) is 0. The molecule has 1 aromatic rings.